The van der Waals surface area contributed by atoms with Crippen LogP contribution in [0.2, 0.25) is 15.1 Å². The summed E-state index contributed by atoms with van der Waals surface area (Å²) in [5.74, 6) is -0.233. The molecular formula is C31H24Cl3NO6. The lowest BCUT2D eigenvalue weighted by Crippen LogP contribution is -2.40. The third-order valence-electron chi connectivity index (χ3n) is 6.46. The van der Waals surface area contributed by atoms with Crippen molar-refractivity contribution in [3.8, 4) is 23.0 Å². The van der Waals surface area contributed by atoms with Crippen molar-refractivity contribution in [1.29, 1.82) is 0 Å². The van der Waals surface area contributed by atoms with Crippen molar-refractivity contribution in [1.82, 2.24) is 5.32 Å². The van der Waals surface area contributed by atoms with E-state index in [0.717, 1.165) is 5.56 Å². The molecule has 1 heterocycles. The second-order valence-electron chi connectivity index (χ2n) is 9.34. The van der Waals surface area contributed by atoms with Gasteiger partial charge >= 0.3 is 5.97 Å². The Morgan fingerprint density at radius 2 is 1.54 bits per heavy atom. The van der Waals surface area contributed by atoms with Crippen LogP contribution in [0.15, 0.2) is 84.9 Å². The van der Waals surface area contributed by atoms with Crippen molar-refractivity contribution in [2.24, 2.45) is 0 Å². The first-order chi connectivity index (χ1) is 19.7. The summed E-state index contributed by atoms with van der Waals surface area (Å²) in [6.07, 6.45) is 0.0897. The molecule has 0 radical (unpaired) electrons. The molecule has 4 aromatic rings. The van der Waals surface area contributed by atoms with Gasteiger partial charge in [-0.25, -0.2) is 0 Å². The van der Waals surface area contributed by atoms with E-state index in [1.807, 2.05) is 12.1 Å². The van der Waals surface area contributed by atoms with Crippen LogP contribution in [0.25, 0.3) is 0 Å². The number of fused-ring (bicyclic) bond motifs is 1. The lowest BCUT2D eigenvalue weighted by Gasteiger charge is -2.24. The Kier molecular flexibility index (Phi) is 8.88. The molecule has 41 heavy (non-hydrogen) atoms. The summed E-state index contributed by atoms with van der Waals surface area (Å²) < 4.78 is 17.6. The van der Waals surface area contributed by atoms with Gasteiger partial charge in [-0.15, -0.1) is 0 Å². The summed E-state index contributed by atoms with van der Waals surface area (Å²) in [4.78, 5) is 24.7. The van der Waals surface area contributed by atoms with Crippen LogP contribution < -0.4 is 19.5 Å². The molecule has 4 aromatic carbocycles. The molecule has 7 nitrogen and oxygen atoms in total. The first-order valence-corrected chi connectivity index (χ1v) is 13.8. The number of carboxylic acid groups (broad SMARTS) is 1. The Morgan fingerprint density at radius 3 is 2.20 bits per heavy atom. The molecule has 5 rings (SSSR count). The summed E-state index contributed by atoms with van der Waals surface area (Å²) in [5, 5.41) is 13.9. The molecule has 0 saturated carbocycles. The second kappa shape index (κ2) is 12.7. The van der Waals surface area contributed by atoms with Crippen molar-refractivity contribution in [2.75, 3.05) is 6.61 Å². The molecule has 2 unspecified atom stereocenters. The largest absolute Gasteiger partial charge is 0.493 e. The molecule has 0 aliphatic carbocycles. The van der Waals surface area contributed by atoms with Crippen LogP contribution in [0.5, 0.6) is 23.0 Å². The molecule has 0 bridgehead atoms. The zero-order chi connectivity index (χ0) is 28.9. The van der Waals surface area contributed by atoms with E-state index in [0.29, 0.717) is 57.0 Å². The van der Waals surface area contributed by atoms with Crippen molar-refractivity contribution in [3.05, 3.63) is 117 Å². The number of halogens is 3. The Labute approximate surface area is 251 Å². The Morgan fingerprint density at radius 1 is 0.902 bits per heavy atom. The van der Waals surface area contributed by atoms with Gasteiger partial charge in [0, 0.05) is 33.7 Å². The number of carbonyl (C=O) groups is 2. The molecule has 0 saturated heterocycles. The van der Waals surface area contributed by atoms with Crippen LogP contribution in [0, 0.1) is 0 Å². The Hall–Kier alpha value is -3.91. The predicted molar refractivity (Wildman–Crippen MR) is 157 cm³/mol. The van der Waals surface area contributed by atoms with E-state index in [1.54, 1.807) is 72.8 Å². The molecule has 0 aromatic heterocycles. The van der Waals surface area contributed by atoms with Crippen molar-refractivity contribution < 1.29 is 28.9 Å². The lowest BCUT2D eigenvalue weighted by atomic mass is 9.93. The molecule has 1 aliphatic heterocycles. The summed E-state index contributed by atoms with van der Waals surface area (Å²) in [7, 11) is 0. The molecule has 0 spiro atoms. The van der Waals surface area contributed by atoms with Crippen LogP contribution in [-0.4, -0.2) is 29.8 Å². The number of carbonyl (C=O) groups excluding carboxylic acids is 1. The van der Waals surface area contributed by atoms with Gasteiger partial charge in [-0.2, -0.15) is 0 Å². The Balaban J connectivity index is 1.29. The van der Waals surface area contributed by atoms with Crippen LogP contribution in [-0.2, 0) is 11.2 Å². The standard InChI is InChI=1S/C31H24Cl3NO6/c32-20-5-1-18(2-6-20)15-29(41-23-11-7-21(33)8-12-23)35-30(36)19-3-9-22(10-4-19)40-28-17-27-25(16-26(28)34)24(31(37)38)13-14-39-27/h1-12,16-17,24,29H,13-15H2,(H,35,36)(H,37,38). The van der Waals surface area contributed by atoms with E-state index in [4.69, 9.17) is 49.0 Å². The zero-order valence-corrected chi connectivity index (χ0v) is 23.7. The monoisotopic (exact) mass is 611 g/mol. The van der Waals surface area contributed by atoms with E-state index in [9.17, 15) is 14.7 Å². The fourth-order valence-electron chi connectivity index (χ4n) is 4.39. The van der Waals surface area contributed by atoms with Gasteiger partial charge in [0.15, 0.2) is 6.23 Å². The van der Waals surface area contributed by atoms with E-state index < -0.39 is 18.1 Å². The highest BCUT2D eigenvalue weighted by Gasteiger charge is 2.29. The third kappa shape index (κ3) is 7.24. The van der Waals surface area contributed by atoms with E-state index in [1.165, 1.54) is 0 Å². The molecule has 1 aliphatic rings. The number of carboxylic acids is 1. The zero-order valence-electron chi connectivity index (χ0n) is 21.5. The number of hydrogen-bond donors (Lipinski definition) is 2. The van der Waals surface area contributed by atoms with Crippen molar-refractivity contribution in [3.63, 3.8) is 0 Å². The SMILES string of the molecule is O=C(NC(Cc1ccc(Cl)cc1)Oc1ccc(Cl)cc1)c1ccc(Oc2cc3c(cc2Cl)C(C(=O)O)CCO3)cc1. The quantitative estimate of drug-likeness (QED) is 0.188. The van der Waals surface area contributed by atoms with Gasteiger partial charge in [0.1, 0.15) is 23.0 Å². The third-order valence-corrected chi connectivity index (χ3v) is 7.26. The van der Waals surface area contributed by atoms with Gasteiger partial charge < -0.3 is 24.6 Å². The molecule has 2 N–H and O–H groups in total. The lowest BCUT2D eigenvalue weighted by molar-refractivity contribution is -0.139. The number of ether oxygens (including phenoxy) is 3. The van der Waals surface area contributed by atoms with E-state index in [2.05, 4.69) is 5.32 Å². The number of nitrogens with one attached hydrogen (secondary N) is 1. The molecular weight excluding hydrogens is 589 g/mol. The fourth-order valence-corrected chi connectivity index (χ4v) is 4.85. The summed E-state index contributed by atoms with van der Waals surface area (Å²) in [6.45, 7) is 0.287. The minimum atomic E-state index is -0.929. The topological polar surface area (TPSA) is 94.1 Å². The van der Waals surface area contributed by atoms with E-state index in [-0.39, 0.29) is 17.5 Å². The first-order valence-electron chi connectivity index (χ1n) is 12.7. The number of aliphatic carboxylic acids is 1. The van der Waals surface area contributed by atoms with Crippen LogP contribution in [0.1, 0.15) is 33.8 Å². The normalized spacial score (nSPS) is 14.8. The highest BCUT2D eigenvalue weighted by molar-refractivity contribution is 6.32. The highest BCUT2D eigenvalue weighted by Crippen LogP contribution is 2.41. The highest BCUT2D eigenvalue weighted by atomic mass is 35.5. The average Bonchev–Trinajstić information content (AvgIpc) is 2.96. The van der Waals surface area contributed by atoms with Gasteiger partial charge in [-0.1, -0.05) is 46.9 Å². The molecule has 10 heteroatoms. The smallest absolute Gasteiger partial charge is 0.311 e. The molecule has 0 fully saturated rings. The number of benzene rings is 4. The summed E-state index contributed by atoms with van der Waals surface area (Å²) in [6, 6.07) is 23.9. The maximum absolute atomic E-state index is 13.2. The fraction of sp³-hybridized carbons (Fsp3) is 0.161. The van der Waals surface area contributed by atoms with Crippen LogP contribution >= 0.6 is 34.8 Å². The maximum atomic E-state index is 13.2. The number of hydrogen-bond acceptors (Lipinski definition) is 5. The maximum Gasteiger partial charge on any atom is 0.311 e. The van der Waals surface area contributed by atoms with Crippen molar-refractivity contribution in [2.45, 2.75) is 25.0 Å². The molecule has 1 amide bonds. The van der Waals surface area contributed by atoms with Crippen LogP contribution in [0.4, 0.5) is 0 Å². The Bertz CT molecular complexity index is 1490. The average molecular weight is 613 g/mol. The van der Waals surface area contributed by atoms with Gasteiger partial charge in [-0.05, 0) is 78.7 Å². The van der Waals surface area contributed by atoms with Crippen LogP contribution in [0.3, 0.4) is 0 Å². The van der Waals surface area contributed by atoms with Gasteiger partial charge in [0.05, 0.1) is 17.5 Å². The second-order valence-corrected chi connectivity index (χ2v) is 10.6. The van der Waals surface area contributed by atoms with Gasteiger partial charge in [0.2, 0.25) is 0 Å². The van der Waals surface area contributed by atoms with Gasteiger partial charge in [-0.3, -0.25) is 9.59 Å². The predicted octanol–water partition coefficient (Wildman–Crippen LogP) is 7.77. The molecule has 210 valence electrons. The minimum absolute atomic E-state index is 0.256. The summed E-state index contributed by atoms with van der Waals surface area (Å²) in [5.41, 5.74) is 1.84. The first kappa shape index (κ1) is 28.6. The van der Waals surface area contributed by atoms with Crippen molar-refractivity contribution >= 4 is 46.7 Å². The van der Waals surface area contributed by atoms with Gasteiger partial charge in [0.25, 0.3) is 5.91 Å². The number of rotatable bonds is 9. The molecule has 2 atom stereocenters. The van der Waals surface area contributed by atoms with E-state index >= 15 is 0 Å². The summed E-state index contributed by atoms with van der Waals surface area (Å²) >= 11 is 18.4. The minimum Gasteiger partial charge on any atom is -0.493 e. The number of amides is 1.